The van der Waals surface area contributed by atoms with Crippen molar-refractivity contribution in [2.24, 2.45) is 0 Å². The predicted octanol–water partition coefficient (Wildman–Crippen LogP) is 2.22. The Morgan fingerprint density at radius 3 is 2.69 bits per heavy atom. The SMILES string of the molecule is CCC(C)c1nc(C(=O)NCc2nc3ccccc3o2)c(N)nc1-n1nccn1. The van der Waals surface area contributed by atoms with Gasteiger partial charge in [-0.3, -0.25) is 4.79 Å². The van der Waals surface area contributed by atoms with E-state index < -0.39 is 5.91 Å². The molecule has 0 aliphatic carbocycles. The second-order valence-corrected chi connectivity index (χ2v) is 6.55. The molecule has 3 aromatic heterocycles. The van der Waals surface area contributed by atoms with Gasteiger partial charge in [-0.15, -0.1) is 4.80 Å². The van der Waals surface area contributed by atoms with Gasteiger partial charge in [0.15, 0.2) is 22.9 Å². The van der Waals surface area contributed by atoms with E-state index in [0.717, 1.165) is 11.9 Å². The van der Waals surface area contributed by atoms with Crippen molar-refractivity contribution >= 4 is 22.8 Å². The minimum absolute atomic E-state index is 0.000539. The van der Waals surface area contributed by atoms with E-state index in [2.05, 4.69) is 30.5 Å². The van der Waals surface area contributed by atoms with Gasteiger partial charge in [-0.1, -0.05) is 26.0 Å². The third-order valence-corrected chi connectivity index (χ3v) is 4.57. The number of nitrogens with one attached hydrogen (secondary N) is 1. The third-order valence-electron chi connectivity index (χ3n) is 4.57. The van der Waals surface area contributed by atoms with Crippen LogP contribution >= 0.6 is 0 Å². The van der Waals surface area contributed by atoms with E-state index in [9.17, 15) is 4.79 Å². The Kier molecular flexibility index (Phi) is 4.90. The lowest BCUT2D eigenvalue weighted by Gasteiger charge is -2.15. The maximum absolute atomic E-state index is 12.7. The van der Waals surface area contributed by atoms with Crippen LogP contribution in [0, 0.1) is 0 Å². The molecule has 0 saturated carbocycles. The number of carbonyl (C=O) groups excluding carboxylic acids is 1. The fourth-order valence-electron chi connectivity index (χ4n) is 2.85. The van der Waals surface area contributed by atoms with Gasteiger partial charge in [0.1, 0.15) is 5.52 Å². The maximum atomic E-state index is 12.7. The number of hydrogen-bond donors (Lipinski definition) is 2. The van der Waals surface area contributed by atoms with Gasteiger partial charge in [-0.05, 0) is 18.6 Å². The van der Waals surface area contributed by atoms with E-state index in [0.29, 0.717) is 23.0 Å². The Balaban J connectivity index is 1.60. The second kappa shape index (κ2) is 7.66. The van der Waals surface area contributed by atoms with Gasteiger partial charge >= 0.3 is 0 Å². The molecule has 1 aromatic carbocycles. The summed E-state index contributed by atoms with van der Waals surface area (Å²) in [5.74, 6) is 0.386. The van der Waals surface area contributed by atoms with E-state index in [-0.39, 0.29) is 24.0 Å². The number of nitrogen functional groups attached to an aromatic ring is 1. The summed E-state index contributed by atoms with van der Waals surface area (Å²) < 4.78 is 5.62. The zero-order valence-corrected chi connectivity index (χ0v) is 16.0. The van der Waals surface area contributed by atoms with Crippen molar-refractivity contribution in [3.8, 4) is 5.82 Å². The minimum atomic E-state index is -0.457. The van der Waals surface area contributed by atoms with Crippen molar-refractivity contribution in [1.29, 1.82) is 0 Å². The second-order valence-electron chi connectivity index (χ2n) is 6.55. The number of rotatable bonds is 6. The summed E-state index contributed by atoms with van der Waals surface area (Å²) in [7, 11) is 0. The minimum Gasteiger partial charge on any atom is -0.439 e. The van der Waals surface area contributed by atoms with Gasteiger partial charge in [0.25, 0.3) is 5.91 Å². The molecule has 0 aliphatic heterocycles. The molecule has 0 radical (unpaired) electrons. The normalized spacial score (nSPS) is 12.2. The highest BCUT2D eigenvalue weighted by molar-refractivity contribution is 5.96. The number of amides is 1. The maximum Gasteiger partial charge on any atom is 0.274 e. The molecular formula is C19H20N8O2. The molecule has 4 aromatic rings. The Hall–Kier alpha value is -3.82. The van der Waals surface area contributed by atoms with Crippen molar-refractivity contribution in [3.05, 3.63) is 53.9 Å². The molecule has 0 aliphatic rings. The Labute approximate surface area is 166 Å². The summed E-state index contributed by atoms with van der Waals surface area (Å²) in [4.78, 5) is 27.3. The van der Waals surface area contributed by atoms with Gasteiger partial charge < -0.3 is 15.5 Å². The van der Waals surface area contributed by atoms with Crippen LogP contribution in [0.5, 0.6) is 0 Å². The number of nitrogens with two attached hydrogens (primary N) is 1. The lowest BCUT2D eigenvalue weighted by atomic mass is 10.0. The van der Waals surface area contributed by atoms with E-state index in [1.807, 2.05) is 38.1 Å². The molecule has 29 heavy (non-hydrogen) atoms. The van der Waals surface area contributed by atoms with Crippen LogP contribution in [-0.2, 0) is 6.54 Å². The standard InChI is InChI=1S/C19H20N8O2/c1-3-11(2)15-18(27-22-8-9-23-27)26-17(20)16(25-15)19(28)21-10-14-24-12-6-4-5-7-13(12)29-14/h4-9,11H,3,10H2,1-2H3,(H2,20,26)(H,21,28). The Bertz CT molecular complexity index is 1120. The van der Waals surface area contributed by atoms with E-state index in [1.54, 1.807) is 12.4 Å². The van der Waals surface area contributed by atoms with Crippen LogP contribution < -0.4 is 11.1 Å². The molecule has 148 valence electrons. The fourth-order valence-corrected chi connectivity index (χ4v) is 2.85. The number of fused-ring (bicyclic) bond motifs is 1. The number of anilines is 1. The highest BCUT2D eigenvalue weighted by Crippen LogP contribution is 2.24. The van der Waals surface area contributed by atoms with Crippen LogP contribution in [-0.4, -0.2) is 35.9 Å². The first-order valence-corrected chi connectivity index (χ1v) is 9.23. The number of para-hydroxylation sites is 2. The van der Waals surface area contributed by atoms with Crippen molar-refractivity contribution < 1.29 is 9.21 Å². The Morgan fingerprint density at radius 1 is 1.21 bits per heavy atom. The molecule has 0 bridgehead atoms. The number of nitrogens with zero attached hydrogens (tertiary/aromatic N) is 6. The lowest BCUT2D eigenvalue weighted by molar-refractivity contribution is 0.0943. The highest BCUT2D eigenvalue weighted by Gasteiger charge is 2.22. The molecule has 0 spiro atoms. The first kappa shape index (κ1) is 18.5. The van der Waals surface area contributed by atoms with Crippen LogP contribution in [0.3, 0.4) is 0 Å². The number of hydrogen-bond acceptors (Lipinski definition) is 8. The molecule has 3 N–H and O–H groups in total. The van der Waals surface area contributed by atoms with Gasteiger partial charge in [-0.25, -0.2) is 15.0 Å². The number of carbonyl (C=O) groups is 1. The lowest BCUT2D eigenvalue weighted by Crippen LogP contribution is -2.27. The van der Waals surface area contributed by atoms with E-state index in [4.69, 9.17) is 10.2 Å². The average Bonchev–Trinajstić information content (AvgIpc) is 3.40. The summed E-state index contributed by atoms with van der Waals surface area (Å²) in [6.45, 7) is 4.12. The quantitative estimate of drug-likeness (QED) is 0.509. The zero-order chi connectivity index (χ0) is 20.4. The molecular weight excluding hydrogens is 372 g/mol. The third kappa shape index (κ3) is 3.64. The van der Waals surface area contributed by atoms with Crippen LogP contribution in [0.25, 0.3) is 16.9 Å². The highest BCUT2D eigenvalue weighted by atomic mass is 16.3. The average molecular weight is 392 g/mol. The molecule has 1 atom stereocenters. The Morgan fingerprint density at radius 2 is 1.97 bits per heavy atom. The van der Waals surface area contributed by atoms with Crippen LogP contribution in [0.2, 0.25) is 0 Å². The molecule has 4 rings (SSSR count). The molecule has 1 amide bonds. The molecule has 10 nitrogen and oxygen atoms in total. The molecule has 10 heteroatoms. The predicted molar refractivity (Wildman–Crippen MR) is 105 cm³/mol. The van der Waals surface area contributed by atoms with E-state index >= 15 is 0 Å². The number of benzene rings is 1. The largest absolute Gasteiger partial charge is 0.439 e. The van der Waals surface area contributed by atoms with Gasteiger partial charge in [0.2, 0.25) is 5.89 Å². The van der Waals surface area contributed by atoms with Gasteiger partial charge in [0, 0.05) is 5.92 Å². The van der Waals surface area contributed by atoms with Gasteiger partial charge in [0.05, 0.1) is 24.6 Å². The van der Waals surface area contributed by atoms with Crippen molar-refractivity contribution in [1.82, 2.24) is 35.3 Å². The monoisotopic (exact) mass is 392 g/mol. The van der Waals surface area contributed by atoms with Crippen molar-refractivity contribution in [3.63, 3.8) is 0 Å². The summed E-state index contributed by atoms with van der Waals surface area (Å²) in [5, 5.41) is 10.9. The molecule has 0 fully saturated rings. The fraction of sp³-hybridized carbons (Fsp3) is 0.263. The first-order valence-electron chi connectivity index (χ1n) is 9.23. The molecule has 3 heterocycles. The molecule has 0 saturated heterocycles. The van der Waals surface area contributed by atoms with Crippen molar-refractivity contribution in [2.75, 3.05) is 5.73 Å². The zero-order valence-electron chi connectivity index (χ0n) is 16.0. The topological polar surface area (TPSA) is 138 Å². The van der Waals surface area contributed by atoms with Gasteiger partial charge in [-0.2, -0.15) is 10.2 Å². The van der Waals surface area contributed by atoms with E-state index in [1.165, 1.54) is 4.80 Å². The molecule has 1 unspecified atom stereocenters. The number of oxazole rings is 1. The summed E-state index contributed by atoms with van der Waals surface area (Å²) in [6.07, 6.45) is 3.88. The van der Waals surface area contributed by atoms with Crippen LogP contribution in [0.4, 0.5) is 5.82 Å². The summed E-state index contributed by atoms with van der Waals surface area (Å²) in [5.41, 5.74) is 8.06. The van der Waals surface area contributed by atoms with Crippen molar-refractivity contribution in [2.45, 2.75) is 32.7 Å². The van der Waals surface area contributed by atoms with Crippen LogP contribution in [0.1, 0.15) is 48.3 Å². The summed E-state index contributed by atoms with van der Waals surface area (Å²) >= 11 is 0. The first-order chi connectivity index (χ1) is 14.1. The van der Waals surface area contributed by atoms with Crippen LogP contribution in [0.15, 0.2) is 41.1 Å². The summed E-state index contributed by atoms with van der Waals surface area (Å²) in [6, 6.07) is 7.39. The smallest absolute Gasteiger partial charge is 0.274 e. The number of aromatic nitrogens is 6.